The smallest absolute Gasteiger partial charge is 0.0798 e. The minimum Gasteiger partial charge on any atom is -0.297 e. The molecule has 0 saturated carbocycles. The van der Waals surface area contributed by atoms with E-state index in [0.717, 1.165) is 33.8 Å². The SMILES string of the molecule is Cc1ncsc1CN(C)Cc1ccc(Br)cc1Cl. The molecule has 0 atom stereocenters. The second-order valence-corrected chi connectivity index (χ2v) is 6.53. The number of benzene rings is 1. The van der Waals surface area contributed by atoms with Gasteiger partial charge < -0.3 is 0 Å². The van der Waals surface area contributed by atoms with Crippen LogP contribution in [-0.2, 0) is 13.1 Å². The van der Waals surface area contributed by atoms with Crippen molar-refractivity contribution in [2.75, 3.05) is 7.05 Å². The van der Waals surface area contributed by atoms with Gasteiger partial charge in [-0.25, -0.2) is 4.98 Å². The van der Waals surface area contributed by atoms with Crippen LogP contribution >= 0.6 is 38.9 Å². The number of halogens is 2. The lowest BCUT2D eigenvalue weighted by Gasteiger charge is -2.17. The number of nitrogens with zero attached hydrogens (tertiary/aromatic N) is 2. The van der Waals surface area contributed by atoms with Crippen LogP contribution in [0.1, 0.15) is 16.1 Å². The predicted octanol–water partition coefficient (Wildman–Crippen LogP) is 4.50. The van der Waals surface area contributed by atoms with Gasteiger partial charge in [-0.05, 0) is 31.7 Å². The Morgan fingerprint density at radius 2 is 2.17 bits per heavy atom. The standard InChI is InChI=1S/C13H14BrClN2S/c1-9-13(18-8-16-9)7-17(2)6-10-3-4-11(14)5-12(10)15/h3-5,8H,6-7H2,1-2H3. The number of rotatable bonds is 4. The Morgan fingerprint density at radius 3 is 2.78 bits per heavy atom. The molecule has 2 aromatic rings. The van der Waals surface area contributed by atoms with Gasteiger partial charge in [-0.15, -0.1) is 11.3 Å². The van der Waals surface area contributed by atoms with E-state index in [1.165, 1.54) is 4.88 Å². The van der Waals surface area contributed by atoms with Gasteiger partial charge in [-0.3, -0.25) is 4.90 Å². The van der Waals surface area contributed by atoms with Crippen molar-refractivity contribution in [3.63, 3.8) is 0 Å². The summed E-state index contributed by atoms with van der Waals surface area (Å²) >= 11 is 11.3. The van der Waals surface area contributed by atoms with E-state index in [9.17, 15) is 0 Å². The van der Waals surface area contributed by atoms with Gasteiger partial charge in [-0.2, -0.15) is 0 Å². The predicted molar refractivity (Wildman–Crippen MR) is 81.2 cm³/mol. The highest BCUT2D eigenvalue weighted by Gasteiger charge is 2.08. The number of aromatic nitrogens is 1. The van der Waals surface area contributed by atoms with Crippen LogP contribution in [0.4, 0.5) is 0 Å². The fraction of sp³-hybridized carbons (Fsp3) is 0.308. The number of hydrogen-bond donors (Lipinski definition) is 0. The fourth-order valence-corrected chi connectivity index (χ4v) is 3.31. The first-order valence-electron chi connectivity index (χ1n) is 5.57. The fourth-order valence-electron chi connectivity index (χ4n) is 1.72. The summed E-state index contributed by atoms with van der Waals surface area (Å²) in [6.45, 7) is 3.79. The normalized spacial score (nSPS) is 11.2. The van der Waals surface area contributed by atoms with E-state index < -0.39 is 0 Å². The van der Waals surface area contributed by atoms with Gasteiger partial charge in [0, 0.05) is 27.5 Å². The minimum absolute atomic E-state index is 0.803. The van der Waals surface area contributed by atoms with Crippen LogP contribution in [0.5, 0.6) is 0 Å². The highest BCUT2D eigenvalue weighted by molar-refractivity contribution is 9.10. The van der Waals surface area contributed by atoms with Crippen LogP contribution in [-0.4, -0.2) is 16.9 Å². The molecule has 96 valence electrons. The lowest BCUT2D eigenvalue weighted by atomic mass is 10.2. The molecule has 0 aliphatic heterocycles. The summed E-state index contributed by atoms with van der Waals surface area (Å²) in [6, 6.07) is 6.01. The van der Waals surface area contributed by atoms with Crippen LogP contribution in [0.3, 0.4) is 0 Å². The third-order valence-corrected chi connectivity index (χ3v) is 4.48. The van der Waals surface area contributed by atoms with Gasteiger partial charge in [0.15, 0.2) is 0 Å². The average molecular weight is 346 g/mol. The lowest BCUT2D eigenvalue weighted by molar-refractivity contribution is 0.321. The van der Waals surface area contributed by atoms with Gasteiger partial charge in [-0.1, -0.05) is 33.6 Å². The molecular weight excluding hydrogens is 332 g/mol. The van der Waals surface area contributed by atoms with Gasteiger partial charge in [0.1, 0.15) is 0 Å². The van der Waals surface area contributed by atoms with Crippen molar-refractivity contribution < 1.29 is 0 Å². The first-order valence-corrected chi connectivity index (χ1v) is 7.63. The molecule has 0 fully saturated rings. The molecule has 2 nitrogen and oxygen atoms in total. The van der Waals surface area contributed by atoms with Crippen molar-refractivity contribution in [3.8, 4) is 0 Å². The monoisotopic (exact) mass is 344 g/mol. The number of aryl methyl sites for hydroxylation is 1. The Balaban J connectivity index is 2.03. The second kappa shape index (κ2) is 6.15. The van der Waals surface area contributed by atoms with Crippen LogP contribution in [0.25, 0.3) is 0 Å². The van der Waals surface area contributed by atoms with Gasteiger partial charge in [0.2, 0.25) is 0 Å². The molecule has 1 aromatic heterocycles. The summed E-state index contributed by atoms with van der Waals surface area (Å²) < 4.78 is 1.01. The Bertz CT molecular complexity index is 542. The van der Waals surface area contributed by atoms with Crippen LogP contribution in [0.2, 0.25) is 5.02 Å². The summed E-state index contributed by atoms with van der Waals surface area (Å²) in [5.74, 6) is 0. The second-order valence-electron chi connectivity index (χ2n) is 4.27. The third-order valence-electron chi connectivity index (χ3n) is 2.71. The summed E-state index contributed by atoms with van der Waals surface area (Å²) in [4.78, 5) is 7.82. The molecule has 1 heterocycles. The number of thiazole rings is 1. The zero-order valence-electron chi connectivity index (χ0n) is 10.3. The Hall–Kier alpha value is -0.420. The first kappa shape index (κ1) is 14.0. The highest BCUT2D eigenvalue weighted by atomic mass is 79.9. The lowest BCUT2D eigenvalue weighted by Crippen LogP contribution is -2.17. The molecule has 1 aromatic carbocycles. The van der Waals surface area contributed by atoms with E-state index in [1.807, 2.05) is 24.6 Å². The zero-order valence-corrected chi connectivity index (χ0v) is 13.4. The summed E-state index contributed by atoms with van der Waals surface area (Å²) in [6.07, 6.45) is 0. The first-order chi connectivity index (χ1) is 8.56. The molecule has 0 amide bonds. The maximum absolute atomic E-state index is 6.22. The number of hydrogen-bond acceptors (Lipinski definition) is 3. The maximum atomic E-state index is 6.22. The minimum atomic E-state index is 0.803. The van der Waals surface area contributed by atoms with E-state index in [4.69, 9.17) is 11.6 Å². The molecule has 0 saturated heterocycles. The van der Waals surface area contributed by atoms with Crippen molar-refractivity contribution in [3.05, 3.63) is 49.3 Å². The summed E-state index contributed by atoms with van der Waals surface area (Å²) in [5.41, 5.74) is 4.16. The van der Waals surface area contributed by atoms with Gasteiger partial charge >= 0.3 is 0 Å². The molecule has 2 rings (SSSR count). The topological polar surface area (TPSA) is 16.1 Å². The van der Waals surface area contributed by atoms with Crippen molar-refractivity contribution in [1.82, 2.24) is 9.88 Å². The zero-order chi connectivity index (χ0) is 13.1. The Labute approximate surface area is 125 Å². The van der Waals surface area contributed by atoms with Crippen LogP contribution in [0, 0.1) is 6.92 Å². The van der Waals surface area contributed by atoms with Crippen molar-refractivity contribution >= 4 is 38.9 Å². The summed E-state index contributed by atoms with van der Waals surface area (Å²) in [5, 5.41) is 0.803. The molecule has 0 radical (unpaired) electrons. The molecule has 0 unspecified atom stereocenters. The van der Waals surface area contributed by atoms with E-state index >= 15 is 0 Å². The molecule has 0 aliphatic rings. The summed E-state index contributed by atoms with van der Waals surface area (Å²) in [7, 11) is 2.09. The molecule has 0 bridgehead atoms. The van der Waals surface area contributed by atoms with Gasteiger partial charge in [0.05, 0.1) is 11.2 Å². The Kier molecular flexibility index (Phi) is 4.78. The van der Waals surface area contributed by atoms with E-state index in [2.05, 4.69) is 38.9 Å². The largest absolute Gasteiger partial charge is 0.297 e. The van der Waals surface area contributed by atoms with Crippen molar-refractivity contribution in [1.29, 1.82) is 0 Å². The molecule has 0 aliphatic carbocycles. The van der Waals surface area contributed by atoms with E-state index in [-0.39, 0.29) is 0 Å². The van der Waals surface area contributed by atoms with E-state index in [1.54, 1.807) is 11.3 Å². The van der Waals surface area contributed by atoms with Crippen LogP contribution in [0.15, 0.2) is 28.2 Å². The molecule has 0 N–H and O–H groups in total. The average Bonchev–Trinajstić information content (AvgIpc) is 2.69. The van der Waals surface area contributed by atoms with E-state index in [0.29, 0.717) is 0 Å². The van der Waals surface area contributed by atoms with Crippen molar-refractivity contribution in [2.24, 2.45) is 0 Å². The molecule has 0 spiro atoms. The quantitative estimate of drug-likeness (QED) is 0.811. The highest BCUT2D eigenvalue weighted by Crippen LogP contribution is 2.23. The Morgan fingerprint density at radius 1 is 1.39 bits per heavy atom. The van der Waals surface area contributed by atoms with Crippen molar-refractivity contribution in [2.45, 2.75) is 20.0 Å². The molecule has 5 heteroatoms. The van der Waals surface area contributed by atoms with Crippen LogP contribution < -0.4 is 0 Å². The third kappa shape index (κ3) is 3.54. The maximum Gasteiger partial charge on any atom is 0.0798 e. The molecule has 18 heavy (non-hydrogen) atoms. The van der Waals surface area contributed by atoms with Gasteiger partial charge in [0.25, 0.3) is 0 Å². The molecular formula is C13H14BrClN2S.